The second kappa shape index (κ2) is 6.77. The van der Waals surface area contributed by atoms with E-state index in [0.717, 1.165) is 13.1 Å². The summed E-state index contributed by atoms with van der Waals surface area (Å²) in [5, 5.41) is 3.46. The van der Waals surface area contributed by atoms with Crippen LogP contribution in [-0.2, 0) is 4.74 Å². The Hall–Kier alpha value is -0.860. The molecular weight excluding hydrogens is 210 g/mol. The summed E-state index contributed by atoms with van der Waals surface area (Å²) in [5.41, 5.74) is 1.29. The van der Waals surface area contributed by atoms with E-state index in [4.69, 9.17) is 4.74 Å². The lowest BCUT2D eigenvalue weighted by atomic mass is 9.95. The summed E-state index contributed by atoms with van der Waals surface area (Å²) in [6.45, 7) is 4.18. The van der Waals surface area contributed by atoms with Crippen molar-refractivity contribution in [2.45, 2.75) is 44.8 Å². The highest BCUT2D eigenvalue weighted by Gasteiger charge is 2.23. The monoisotopic (exact) mass is 233 g/mol. The molecule has 94 valence electrons. The fourth-order valence-electron chi connectivity index (χ4n) is 2.06. The quantitative estimate of drug-likeness (QED) is 0.730. The van der Waals surface area contributed by atoms with Gasteiger partial charge >= 0.3 is 0 Å². The molecule has 0 aliphatic heterocycles. The third-order valence-electron chi connectivity index (χ3n) is 3.34. The Balaban J connectivity index is 1.91. The Kier molecular flexibility index (Phi) is 5.02. The first-order valence-corrected chi connectivity index (χ1v) is 6.81. The molecule has 0 bridgehead atoms. The van der Waals surface area contributed by atoms with Crippen LogP contribution in [0.1, 0.15) is 44.3 Å². The Morgan fingerprint density at radius 2 is 2.06 bits per heavy atom. The van der Waals surface area contributed by atoms with Crippen LogP contribution in [0.2, 0.25) is 0 Å². The summed E-state index contributed by atoms with van der Waals surface area (Å²) in [5.74, 6) is 0. The molecule has 1 fully saturated rings. The maximum Gasteiger partial charge on any atom is 0.0952 e. The maximum atomic E-state index is 6.16. The predicted octanol–water partition coefficient (Wildman–Crippen LogP) is 3.30. The zero-order valence-corrected chi connectivity index (χ0v) is 10.7. The van der Waals surface area contributed by atoms with Crippen molar-refractivity contribution >= 4 is 0 Å². The van der Waals surface area contributed by atoms with Gasteiger partial charge in [0, 0.05) is 6.54 Å². The molecule has 2 heteroatoms. The lowest BCUT2D eigenvalue weighted by Crippen LogP contribution is -2.30. The third-order valence-corrected chi connectivity index (χ3v) is 3.34. The summed E-state index contributed by atoms with van der Waals surface area (Å²) in [4.78, 5) is 0. The number of hydrogen-bond donors (Lipinski definition) is 1. The first-order chi connectivity index (χ1) is 8.40. The minimum Gasteiger partial charge on any atom is -0.369 e. The van der Waals surface area contributed by atoms with Crippen molar-refractivity contribution in [1.82, 2.24) is 5.32 Å². The van der Waals surface area contributed by atoms with Crippen LogP contribution in [-0.4, -0.2) is 19.2 Å². The summed E-state index contributed by atoms with van der Waals surface area (Å²) in [7, 11) is 0. The molecule has 0 heterocycles. The van der Waals surface area contributed by atoms with Crippen molar-refractivity contribution in [2.75, 3.05) is 13.1 Å². The first kappa shape index (κ1) is 12.6. The lowest BCUT2D eigenvalue weighted by molar-refractivity contribution is -0.0518. The number of nitrogens with one attached hydrogen (secondary N) is 1. The van der Waals surface area contributed by atoms with Crippen LogP contribution in [0.5, 0.6) is 0 Å². The van der Waals surface area contributed by atoms with Crippen LogP contribution in [0, 0.1) is 0 Å². The molecule has 1 aliphatic carbocycles. The van der Waals surface area contributed by atoms with Gasteiger partial charge in [0.25, 0.3) is 0 Å². The molecule has 17 heavy (non-hydrogen) atoms. The molecule has 1 atom stereocenters. The second-order valence-corrected chi connectivity index (χ2v) is 4.79. The molecule has 1 N–H and O–H groups in total. The van der Waals surface area contributed by atoms with E-state index in [2.05, 4.69) is 42.6 Å². The van der Waals surface area contributed by atoms with Gasteiger partial charge in [0.05, 0.1) is 12.2 Å². The molecule has 0 radical (unpaired) electrons. The van der Waals surface area contributed by atoms with Crippen LogP contribution in [0.3, 0.4) is 0 Å². The lowest BCUT2D eigenvalue weighted by Gasteiger charge is -2.31. The van der Waals surface area contributed by atoms with Gasteiger partial charge in [-0.2, -0.15) is 0 Å². The SMILES string of the molecule is CCCNCC(OC1CCC1)c1ccccc1. The molecule has 1 saturated carbocycles. The van der Waals surface area contributed by atoms with E-state index in [0.29, 0.717) is 6.10 Å². The summed E-state index contributed by atoms with van der Waals surface area (Å²) in [6, 6.07) is 10.6. The minimum atomic E-state index is 0.216. The van der Waals surface area contributed by atoms with Crippen LogP contribution >= 0.6 is 0 Å². The molecule has 0 spiro atoms. The first-order valence-electron chi connectivity index (χ1n) is 6.81. The highest BCUT2D eigenvalue weighted by atomic mass is 16.5. The number of ether oxygens (including phenoxy) is 1. The highest BCUT2D eigenvalue weighted by Crippen LogP contribution is 2.28. The molecule has 0 amide bonds. The number of rotatable bonds is 7. The van der Waals surface area contributed by atoms with Gasteiger partial charge in [0.15, 0.2) is 0 Å². The molecule has 1 aromatic carbocycles. The van der Waals surface area contributed by atoms with E-state index < -0.39 is 0 Å². The minimum absolute atomic E-state index is 0.216. The van der Waals surface area contributed by atoms with Gasteiger partial charge in [-0.1, -0.05) is 37.3 Å². The fraction of sp³-hybridized carbons (Fsp3) is 0.600. The van der Waals surface area contributed by atoms with Crippen molar-refractivity contribution in [3.05, 3.63) is 35.9 Å². The van der Waals surface area contributed by atoms with Gasteiger partial charge in [-0.3, -0.25) is 0 Å². The van der Waals surface area contributed by atoms with Gasteiger partial charge in [0.1, 0.15) is 0 Å². The molecular formula is C15H23NO. The molecule has 1 aromatic rings. The van der Waals surface area contributed by atoms with Gasteiger partial charge in [-0.05, 0) is 37.8 Å². The average Bonchev–Trinajstić information content (AvgIpc) is 2.32. The van der Waals surface area contributed by atoms with Gasteiger partial charge < -0.3 is 10.1 Å². The van der Waals surface area contributed by atoms with Gasteiger partial charge in [0.2, 0.25) is 0 Å². The maximum absolute atomic E-state index is 6.16. The smallest absolute Gasteiger partial charge is 0.0952 e. The van der Waals surface area contributed by atoms with E-state index in [1.165, 1.54) is 31.2 Å². The topological polar surface area (TPSA) is 21.3 Å². The summed E-state index contributed by atoms with van der Waals surface area (Å²) in [6.07, 6.45) is 5.67. The van der Waals surface area contributed by atoms with E-state index in [9.17, 15) is 0 Å². The largest absolute Gasteiger partial charge is 0.369 e. The molecule has 2 nitrogen and oxygen atoms in total. The second-order valence-electron chi connectivity index (χ2n) is 4.79. The van der Waals surface area contributed by atoms with Crippen LogP contribution in [0.4, 0.5) is 0 Å². The molecule has 0 saturated heterocycles. The highest BCUT2D eigenvalue weighted by molar-refractivity contribution is 5.18. The van der Waals surface area contributed by atoms with Gasteiger partial charge in [-0.15, -0.1) is 0 Å². The predicted molar refractivity (Wildman–Crippen MR) is 71.1 cm³/mol. The molecule has 2 rings (SSSR count). The van der Waals surface area contributed by atoms with Crippen molar-refractivity contribution in [1.29, 1.82) is 0 Å². The Morgan fingerprint density at radius 3 is 2.65 bits per heavy atom. The van der Waals surface area contributed by atoms with E-state index in [1.54, 1.807) is 0 Å². The summed E-state index contributed by atoms with van der Waals surface area (Å²) < 4.78 is 6.16. The van der Waals surface area contributed by atoms with Crippen LogP contribution in [0.25, 0.3) is 0 Å². The van der Waals surface area contributed by atoms with Crippen molar-refractivity contribution in [2.24, 2.45) is 0 Å². The van der Waals surface area contributed by atoms with Crippen molar-refractivity contribution in [3.63, 3.8) is 0 Å². The standard InChI is InChI=1S/C15H23NO/c1-2-11-16-12-15(17-14-9-6-10-14)13-7-4-3-5-8-13/h3-5,7-8,14-16H,2,6,9-12H2,1H3. The average molecular weight is 233 g/mol. The molecule has 1 aliphatic rings. The van der Waals surface area contributed by atoms with E-state index in [-0.39, 0.29) is 6.10 Å². The molecule has 1 unspecified atom stereocenters. The van der Waals surface area contributed by atoms with Crippen LogP contribution < -0.4 is 5.32 Å². The Labute approximate surface area is 104 Å². The summed E-state index contributed by atoms with van der Waals surface area (Å²) >= 11 is 0. The number of hydrogen-bond acceptors (Lipinski definition) is 2. The third kappa shape index (κ3) is 3.83. The van der Waals surface area contributed by atoms with Crippen molar-refractivity contribution < 1.29 is 4.74 Å². The zero-order valence-electron chi connectivity index (χ0n) is 10.7. The Morgan fingerprint density at radius 1 is 1.29 bits per heavy atom. The fourth-order valence-corrected chi connectivity index (χ4v) is 2.06. The van der Waals surface area contributed by atoms with E-state index in [1.807, 2.05) is 0 Å². The van der Waals surface area contributed by atoms with Gasteiger partial charge in [-0.25, -0.2) is 0 Å². The Bertz CT molecular complexity index is 308. The van der Waals surface area contributed by atoms with Crippen LogP contribution in [0.15, 0.2) is 30.3 Å². The molecule has 0 aromatic heterocycles. The van der Waals surface area contributed by atoms with Crippen molar-refractivity contribution in [3.8, 4) is 0 Å². The normalized spacial score (nSPS) is 17.7. The van der Waals surface area contributed by atoms with E-state index >= 15 is 0 Å². The zero-order chi connectivity index (χ0) is 11.9. The number of benzene rings is 1.